The summed E-state index contributed by atoms with van der Waals surface area (Å²) in [5.41, 5.74) is -0.738. The lowest BCUT2D eigenvalue weighted by Gasteiger charge is -2.39. The largest absolute Gasteiger partial charge is 0.444 e. The molecule has 0 radical (unpaired) electrons. The van der Waals surface area contributed by atoms with E-state index in [2.05, 4.69) is 19.6 Å². The van der Waals surface area contributed by atoms with Crippen molar-refractivity contribution in [3.63, 3.8) is 0 Å². The van der Waals surface area contributed by atoms with E-state index in [1.807, 2.05) is 0 Å². The third-order valence-corrected chi connectivity index (χ3v) is 7.81. The zero-order chi connectivity index (χ0) is 26.3. The SMILES string of the molecule is Cn1c(=O)n(COCC[Si](C)(C)C)c2cc(F)c(C3CCN(C(=O)OC(C)(C)C)CC3(F)F)cc21. The van der Waals surface area contributed by atoms with Gasteiger partial charge < -0.3 is 14.4 Å². The molecule has 0 aliphatic carbocycles. The van der Waals surface area contributed by atoms with Crippen LogP contribution in [0.15, 0.2) is 16.9 Å². The average Bonchev–Trinajstić information content (AvgIpc) is 2.92. The van der Waals surface area contributed by atoms with E-state index in [1.54, 1.807) is 20.8 Å². The van der Waals surface area contributed by atoms with Crippen LogP contribution in [-0.4, -0.2) is 59.4 Å². The molecule has 1 amide bonds. The Hall–Kier alpha value is -2.27. The number of piperidine rings is 1. The first-order valence-electron chi connectivity index (χ1n) is 11.8. The number of halogens is 3. The highest BCUT2D eigenvalue weighted by molar-refractivity contribution is 6.76. The van der Waals surface area contributed by atoms with Gasteiger partial charge in [-0.25, -0.2) is 22.8 Å². The highest BCUT2D eigenvalue weighted by atomic mass is 28.3. The van der Waals surface area contributed by atoms with E-state index in [0.29, 0.717) is 17.6 Å². The fraction of sp³-hybridized carbons (Fsp3) is 0.667. The first-order chi connectivity index (χ1) is 16.0. The molecule has 1 saturated heterocycles. The van der Waals surface area contributed by atoms with Gasteiger partial charge in [0.2, 0.25) is 0 Å². The first-order valence-corrected chi connectivity index (χ1v) is 15.5. The number of ether oxygens (including phenoxy) is 2. The summed E-state index contributed by atoms with van der Waals surface area (Å²) in [6.07, 6.45) is -0.955. The summed E-state index contributed by atoms with van der Waals surface area (Å²) in [5.74, 6) is -5.61. The molecule has 1 aromatic carbocycles. The number of imidazole rings is 1. The van der Waals surface area contributed by atoms with Crippen molar-refractivity contribution in [2.24, 2.45) is 7.05 Å². The zero-order valence-electron chi connectivity index (χ0n) is 21.6. The third-order valence-electron chi connectivity index (χ3n) is 6.11. The van der Waals surface area contributed by atoms with E-state index in [0.717, 1.165) is 17.0 Å². The van der Waals surface area contributed by atoms with E-state index in [9.17, 15) is 9.59 Å². The number of hydrogen-bond donors (Lipinski definition) is 0. The van der Waals surface area contributed by atoms with E-state index >= 15 is 13.2 Å². The summed E-state index contributed by atoms with van der Waals surface area (Å²) < 4.78 is 59.0. The highest BCUT2D eigenvalue weighted by Crippen LogP contribution is 2.42. The summed E-state index contributed by atoms with van der Waals surface area (Å²) in [4.78, 5) is 26.0. The Morgan fingerprint density at radius 3 is 2.43 bits per heavy atom. The number of rotatable bonds is 6. The number of carbonyl (C=O) groups is 1. The Bertz CT molecular complexity index is 1150. The molecule has 1 fully saturated rings. The number of amides is 1. The van der Waals surface area contributed by atoms with Crippen LogP contribution >= 0.6 is 0 Å². The van der Waals surface area contributed by atoms with Gasteiger partial charge in [0.25, 0.3) is 5.92 Å². The van der Waals surface area contributed by atoms with Gasteiger partial charge in [-0.15, -0.1) is 0 Å². The molecular weight excluding hydrogens is 479 g/mol. The predicted molar refractivity (Wildman–Crippen MR) is 131 cm³/mol. The smallest absolute Gasteiger partial charge is 0.410 e. The Morgan fingerprint density at radius 1 is 1.20 bits per heavy atom. The van der Waals surface area contributed by atoms with Crippen LogP contribution in [0.5, 0.6) is 0 Å². The van der Waals surface area contributed by atoms with Crippen molar-refractivity contribution >= 4 is 25.2 Å². The van der Waals surface area contributed by atoms with E-state index in [1.165, 1.54) is 22.2 Å². The number of aromatic nitrogens is 2. The van der Waals surface area contributed by atoms with Gasteiger partial charge in [-0.2, -0.15) is 0 Å². The molecule has 35 heavy (non-hydrogen) atoms. The fourth-order valence-electron chi connectivity index (χ4n) is 4.17. The van der Waals surface area contributed by atoms with Crippen LogP contribution in [0.1, 0.15) is 38.7 Å². The molecule has 7 nitrogen and oxygen atoms in total. The number of likely N-dealkylation sites (tertiary alicyclic amines) is 1. The van der Waals surface area contributed by atoms with Gasteiger partial charge in [0.05, 0.1) is 23.5 Å². The quantitative estimate of drug-likeness (QED) is 0.394. The normalized spacial score (nSPS) is 18.8. The lowest BCUT2D eigenvalue weighted by Crippen LogP contribution is -2.51. The Labute approximate surface area is 204 Å². The number of alkyl halides is 2. The first kappa shape index (κ1) is 27.3. The number of aryl methyl sites for hydroxylation is 1. The molecule has 11 heteroatoms. The standard InChI is InChI=1S/C24H36F3N3O4Si/c1-23(2,3)34-22(32)29-9-8-17(24(26,27)14-29)16-12-19-20(13-18(16)25)30(21(31)28(19)4)15-33-10-11-35(5,6)7/h12-13,17H,8-11,14-15H2,1-7H3. The second kappa shape index (κ2) is 9.65. The van der Waals surface area contributed by atoms with Crippen LogP contribution < -0.4 is 5.69 Å². The van der Waals surface area contributed by atoms with Gasteiger partial charge >= 0.3 is 11.8 Å². The van der Waals surface area contributed by atoms with Crippen molar-refractivity contribution in [1.82, 2.24) is 14.0 Å². The van der Waals surface area contributed by atoms with Crippen molar-refractivity contribution in [1.29, 1.82) is 0 Å². The van der Waals surface area contributed by atoms with Crippen LogP contribution in [-0.2, 0) is 23.3 Å². The van der Waals surface area contributed by atoms with E-state index < -0.39 is 49.7 Å². The number of hydrogen-bond acceptors (Lipinski definition) is 4. The van der Waals surface area contributed by atoms with Gasteiger partial charge in [0, 0.05) is 34.3 Å². The monoisotopic (exact) mass is 515 g/mol. The Kier molecular flexibility index (Phi) is 7.53. The lowest BCUT2D eigenvalue weighted by molar-refractivity contribution is -0.0855. The fourth-order valence-corrected chi connectivity index (χ4v) is 4.93. The van der Waals surface area contributed by atoms with Crippen LogP contribution in [0.25, 0.3) is 11.0 Å². The van der Waals surface area contributed by atoms with Crippen LogP contribution in [0.4, 0.5) is 18.0 Å². The third kappa shape index (κ3) is 6.30. The number of carbonyl (C=O) groups excluding carboxylic acids is 1. The lowest BCUT2D eigenvalue weighted by atomic mass is 9.85. The number of nitrogens with zero attached hydrogens (tertiary/aromatic N) is 3. The summed E-state index contributed by atoms with van der Waals surface area (Å²) >= 11 is 0. The maximum absolute atomic E-state index is 15.2. The van der Waals surface area contributed by atoms with Crippen molar-refractivity contribution in [2.45, 2.75) is 77.0 Å². The molecule has 196 valence electrons. The van der Waals surface area contributed by atoms with Gasteiger partial charge in [-0.1, -0.05) is 19.6 Å². The van der Waals surface area contributed by atoms with Crippen molar-refractivity contribution in [3.05, 3.63) is 34.0 Å². The second-order valence-corrected chi connectivity index (χ2v) is 17.1. The Morgan fingerprint density at radius 2 is 1.86 bits per heavy atom. The van der Waals surface area contributed by atoms with Crippen LogP contribution in [0, 0.1) is 5.82 Å². The molecule has 0 saturated carbocycles. The summed E-state index contributed by atoms with van der Waals surface area (Å²) in [5, 5.41) is 0. The summed E-state index contributed by atoms with van der Waals surface area (Å²) in [6, 6.07) is 3.37. The summed E-state index contributed by atoms with van der Waals surface area (Å²) in [7, 11) is 0.210. The molecule has 2 aromatic rings. The van der Waals surface area contributed by atoms with Crippen molar-refractivity contribution < 1.29 is 27.4 Å². The molecule has 1 aliphatic heterocycles. The van der Waals surface area contributed by atoms with Crippen LogP contribution in [0.2, 0.25) is 25.7 Å². The Balaban J connectivity index is 1.85. The highest BCUT2D eigenvalue weighted by Gasteiger charge is 2.48. The summed E-state index contributed by atoms with van der Waals surface area (Å²) in [6.45, 7) is 11.2. The van der Waals surface area contributed by atoms with Gasteiger partial charge in [-0.3, -0.25) is 9.13 Å². The maximum Gasteiger partial charge on any atom is 0.410 e. The molecule has 0 bridgehead atoms. The maximum atomic E-state index is 15.2. The van der Waals surface area contributed by atoms with Crippen molar-refractivity contribution in [2.75, 3.05) is 19.7 Å². The molecule has 3 rings (SSSR count). The molecule has 0 spiro atoms. The topological polar surface area (TPSA) is 65.7 Å². The van der Waals surface area contributed by atoms with E-state index in [-0.39, 0.29) is 25.3 Å². The molecular formula is C24H36F3N3O4Si. The minimum Gasteiger partial charge on any atom is -0.444 e. The number of fused-ring (bicyclic) bond motifs is 1. The van der Waals surface area contributed by atoms with Crippen molar-refractivity contribution in [3.8, 4) is 0 Å². The molecule has 2 heterocycles. The van der Waals surface area contributed by atoms with Gasteiger partial charge in [-0.05, 0) is 44.9 Å². The average molecular weight is 516 g/mol. The second-order valence-electron chi connectivity index (χ2n) is 11.5. The predicted octanol–water partition coefficient (Wildman–Crippen LogP) is 5.15. The minimum absolute atomic E-state index is 0.0114. The molecule has 1 unspecified atom stereocenters. The zero-order valence-corrected chi connectivity index (χ0v) is 22.6. The van der Waals surface area contributed by atoms with Gasteiger partial charge in [0.1, 0.15) is 18.1 Å². The molecule has 0 N–H and O–H groups in total. The molecule has 1 aromatic heterocycles. The molecule has 1 aliphatic rings. The van der Waals surface area contributed by atoms with E-state index in [4.69, 9.17) is 9.47 Å². The minimum atomic E-state index is -3.37. The van der Waals surface area contributed by atoms with Gasteiger partial charge in [0.15, 0.2) is 0 Å². The number of benzene rings is 1. The van der Waals surface area contributed by atoms with Crippen LogP contribution in [0.3, 0.4) is 0 Å². The molecule has 1 atom stereocenters.